The van der Waals surface area contributed by atoms with Gasteiger partial charge in [0.15, 0.2) is 0 Å². The molecular formula is C25H38O7. The molecule has 0 bridgehead atoms. The topological polar surface area (TPSA) is 88.1 Å². The largest absolute Gasteiger partial charge is 0.490 e. The Hall–Kier alpha value is -2.83. The molecule has 0 aromatic heterocycles. The van der Waals surface area contributed by atoms with E-state index < -0.39 is 17.9 Å². The summed E-state index contributed by atoms with van der Waals surface area (Å²) in [5.74, 6) is -1.22. The summed E-state index contributed by atoms with van der Waals surface area (Å²) in [4.78, 5) is 33.1. The van der Waals surface area contributed by atoms with Gasteiger partial charge in [0.05, 0.1) is 26.9 Å². The summed E-state index contributed by atoms with van der Waals surface area (Å²) in [6, 6.07) is 9.60. The highest BCUT2D eigenvalue weighted by Gasteiger charge is 2.11. The van der Waals surface area contributed by atoms with Gasteiger partial charge in [0.25, 0.3) is 0 Å². The molecule has 32 heavy (non-hydrogen) atoms. The summed E-state index contributed by atoms with van der Waals surface area (Å²) in [7, 11) is 1.49. The first-order valence-corrected chi connectivity index (χ1v) is 11.3. The highest BCUT2D eigenvalue weighted by Crippen LogP contribution is 2.10. The molecule has 0 saturated carbocycles. The van der Waals surface area contributed by atoms with Crippen molar-refractivity contribution in [3.63, 3.8) is 0 Å². The molecule has 0 spiro atoms. The number of carbonyl (C=O) groups excluding carboxylic acids is 3. The van der Waals surface area contributed by atoms with E-state index in [0.29, 0.717) is 6.61 Å². The molecule has 0 aliphatic rings. The first-order valence-electron chi connectivity index (χ1n) is 11.3. The molecule has 0 unspecified atom stereocenters. The molecule has 7 heteroatoms. The fraction of sp³-hybridized carbons (Fsp3) is 0.560. The molecular weight excluding hydrogens is 412 g/mol. The molecule has 1 aromatic rings. The highest BCUT2D eigenvalue weighted by molar-refractivity contribution is 5.91. The Morgan fingerprint density at radius 2 is 1.34 bits per heavy atom. The van der Waals surface area contributed by atoms with Gasteiger partial charge in [-0.1, -0.05) is 69.4 Å². The van der Waals surface area contributed by atoms with Gasteiger partial charge in [0.1, 0.15) is 6.42 Å². The number of hydrogen-bond acceptors (Lipinski definition) is 7. The third-order valence-electron chi connectivity index (χ3n) is 4.15. The van der Waals surface area contributed by atoms with Crippen LogP contribution in [0.5, 0.6) is 0 Å². The lowest BCUT2D eigenvalue weighted by Gasteiger charge is -2.07. The van der Waals surface area contributed by atoms with Crippen LogP contribution in [0.4, 0.5) is 0 Å². The quantitative estimate of drug-likeness (QED) is 0.0975. The molecule has 180 valence electrons. The van der Waals surface area contributed by atoms with E-state index in [1.807, 2.05) is 30.3 Å². The zero-order valence-corrected chi connectivity index (χ0v) is 19.9. The zero-order chi connectivity index (χ0) is 24.0. The lowest BCUT2D eigenvalue weighted by molar-refractivity contribution is -0.154. The summed E-state index contributed by atoms with van der Waals surface area (Å²) in [6.07, 6.45) is 8.44. The number of esters is 3. The van der Waals surface area contributed by atoms with E-state index in [1.165, 1.54) is 32.8 Å². The van der Waals surface area contributed by atoms with Crippen molar-refractivity contribution in [3.05, 3.63) is 41.7 Å². The van der Waals surface area contributed by atoms with E-state index in [9.17, 15) is 14.4 Å². The van der Waals surface area contributed by atoms with Gasteiger partial charge < -0.3 is 18.9 Å². The Balaban J connectivity index is 0.000000739. The van der Waals surface area contributed by atoms with Crippen LogP contribution >= 0.6 is 0 Å². The van der Waals surface area contributed by atoms with Crippen LogP contribution in [0.25, 0.3) is 6.08 Å². The predicted molar refractivity (Wildman–Crippen MR) is 124 cm³/mol. The van der Waals surface area contributed by atoms with Crippen molar-refractivity contribution in [2.75, 3.05) is 26.9 Å². The average molecular weight is 451 g/mol. The van der Waals surface area contributed by atoms with Gasteiger partial charge in [0, 0.05) is 0 Å². The van der Waals surface area contributed by atoms with Crippen LogP contribution in [0.1, 0.15) is 71.3 Å². The molecule has 7 nitrogen and oxygen atoms in total. The highest BCUT2D eigenvalue weighted by atomic mass is 16.6. The fourth-order valence-corrected chi connectivity index (χ4v) is 2.56. The van der Waals surface area contributed by atoms with Crippen LogP contribution in [0.2, 0.25) is 0 Å². The molecule has 0 N–H and O–H groups in total. The maximum Gasteiger partial charge on any atom is 0.373 e. The number of carbonyl (C=O) groups is 3. The normalized spacial score (nSPS) is 10.4. The minimum atomic E-state index is -0.536. The monoisotopic (exact) mass is 450 g/mol. The number of hydrogen-bond donors (Lipinski definition) is 0. The Labute approximate surface area is 192 Å². The molecule has 0 fully saturated rings. The molecule has 0 saturated heterocycles. The minimum Gasteiger partial charge on any atom is -0.490 e. The van der Waals surface area contributed by atoms with Crippen LogP contribution in [-0.2, 0) is 33.3 Å². The maximum atomic E-state index is 11.9. The number of methoxy groups -OCH3 is 1. The summed E-state index contributed by atoms with van der Waals surface area (Å²) < 4.78 is 19.4. The van der Waals surface area contributed by atoms with Crippen molar-refractivity contribution in [2.24, 2.45) is 0 Å². The summed E-state index contributed by atoms with van der Waals surface area (Å²) in [5, 5.41) is 0. The number of ether oxygens (including phenoxy) is 4. The van der Waals surface area contributed by atoms with Gasteiger partial charge in [-0.25, -0.2) is 4.79 Å². The van der Waals surface area contributed by atoms with Crippen LogP contribution in [0.3, 0.4) is 0 Å². The van der Waals surface area contributed by atoms with E-state index in [0.717, 1.165) is 18.4 Å². The predicted octanol–water partition coefficient (Wildman–Crippen LogP) is 5.08. The van der Waals surface area contributed by atoms with Gasteiger partial charge >= 0.3 is 17.9 Å². The van der Waals surface area contributed by atoms with E-state index >= 15 is 0 Å². The van der Waals surface area contributed by atoms with Crippen molar-refractivity contribution in [1.82, 2.24) is 0 Å². The third-order valence-corrected chi connectivity index (χ3v) is 4.15. The molecule has 0 amide bonds. The first-order chi connectivity index (χ1) is 15.5. The standard InChI is InChI=1S/C18H26O3.C7H12O4/c1-3-4-5-6-7-11-14-21-18(19)17(20-2)15-16-12-9-8-10-13-16;1-3-10-6(8)5-7(9)11-4-2/h8-10,12-13,15H,3-7,11,14H2,1-2H3;3-5H2,1-2H3. The molecule has 0 heterocycles. The van der Waals surface area contributed by atoms with Gasteiger partial charge in [-0.3, -0.25) is 9.59 Å². The van der Waals surface area contributed by atoms with Gasteiger partial charge in [-0.05, 0) is 31.9 Å². The van der Waals surface area contributed by atoms with Crippen LogP contribution < -0.4 is 0 Å². The zero-order valence-electron chi connectivity index (χ0n) is 19.9. The molecule has 1 rings (SSSR count). The van der Waals surface area contributed by atoms with Crippen molar-refractivity contribution < 1.29 is 33.3 Å². The SMILES string of the molecule is CCCCCCCCOC(=O)C(=Cc1ccccc1)OC.CCOC(=O)CC(=O)OCC. The smallest absolute Gasteiger partial charge is 0.373 e. The second-order valence-electron chi connectivity index (χ2n) is 6.81. The van der Waals surface area contributed by atoms with Crippen molar-refractivity contribution in [1.29, 1.82) is 0 Å². The van der Waals surface area contributed by atoms with Gasteiger partial charge in [-0.15, -0.1) is 0 Å². The Morgan fingerprint density at radius 1 is 0.781 bits per heavy atom. The second kappa shape index (κ2) is 20.1. The van der Waals surface area contributed by atoms with Crippen molar-refractivity contribution in [2.45, 2.75) is 65.7 Å². The van der Waals surface area contributed by atoms with Gasteiger partial charge in [-0.2, -0.15) is 0 Å². The number of unbranched alkanes of at least 4 members (excludes halogenated alkanes) is 5. The Morgan fingerprint density at radius 3 is 1.88 bits per heavy atom. The minimum absolute atomic E-state index is 0.243. The summed E-state index contributed by atoms with van der Waals surface area (Å²) in [5.41, 5.74) is 0.922. The van der Waals surface area contributed by atoms with Gasteiger partial charge in [0.2, 0.25) is 5.76 Å². The Kier molecular flexibility index (Phi) is 18.3. The fourth-order valence-electron chi connectivity index (χ4n) is 2.56. The first kappa shape index (κ1) is 29.2. The second-order valence-corrected chi connectivity index (χ2v) is 6.81. The lowest BCUT2D eigenvalue weighted by Crippen LogP contribution is -2.13. The third kappa shape index (κ3) is 15.9. The summed E-state index contributed by atoms with van der Waals surface area (Å²) >= 11 is 0. The van der Waals surface area contributed by atoms with Crippen molar-refractivity contribution >= 4 is 24.0 Å². The molecule has 0 radical (unpaired) electrons. The van der Waals surface area contributed by atoms with Crippen molar-refractivity contribution in [3.8, 4) is 0 Å². The van der Waals surface area contributed by atoms with E-state index in [-0.39, 0.29) is 25.4 Å². The molecule has 0 atom stereocenters. The van der Waals surface area contributed by atoms with Crippen LogP contribution in [-0.4, -0.2) is 44.8 Å². The van der Waals surface area contributed by atoms with E-state index in [1.54, 1.807) is 19.9 Å². The summed E-state index contributed by atoms with van der Waals surface area (Å²) in [6.45, 7) is 6.61. The van der Waals surface area contributed by atoms with E-state index in [4.69, 9.17) is 9.47 Å². The van der Waals surface area contributed by atoms with Crippen LogP contribution in [0, 0.1) is 0 Å². The van der Waals surface area contributed by atoms with Crippen LogP contribution in [0.15, 0.2) is 36.1 Å². The maximum absolute atomic E-state index is 11.9. The van der Waals surface area contributed by atoms with E-state index in [2.05, 4.69) is 16.4 Å². The molecule has 0 aliphatic carbocycles. The molecule has 1 aromatic carbocycles. The number of rotatable bonds is 14. The lowest BCUT2D eigenvalue weighted by atomic mass is 10.1. The Bertz CT molecular complexity index is 652. The number of benzene rings is 1. The molecule has 0 aliphatic heterocycles. The average Bonchev–Trinajstić information content (AvgIpc) is 2.78.